The molecule has 0 amide bonds. The first kappa shape index (κ1) is 19.4. The number of carbonyl (C=O) groups is 1. The molecule has 1 N–H and O–H groups in total. The zero-order chi connectivity index (χ0) is 19.6. The molecule has 0 spiro atoms. The largest absolute Gasteiger partial charge is 0.464 e. The fraction of sp³-hybridized carbons (Fsp3) is 0.182. The van der Waals surface area contributed by atoms with E-state index >= 15 is 0 Å². The molecule has 0 unspecified atom stereocenters. The van der Waals surface area contributed by atoms with Crippen LogP contribution in [0.1, 0.15) is 12.8 Å². The lowest BCUT2D eigenvalue weighted by atomic mass is 10.1. The Bertz CT molecular complexity index is 848. The normalized spacial score (nSPS) is 10.9. The van der Waals surface area contributed by atoms with Crippen molar-refractivity contribution >= 4 is 5.97 Å². The van der Waals surface area contributed by atoms with Crippen molar-refractivity contribution in [3.63, 3.8) is 0 Å². The summed E-state index contributed by atoms with van der Waals surface area (Å²) in [5, 5.41) is 0. The summed E-state index contributed by atoms with van der Waals surface area (Å²) in [4.78, 5) is 20.8. The molecule has 0 saturated heterocycles. The van der Waals surface area contributed by atoms with Crippen LogP contribution in [0, 0.1) is 0 Å². The molecule has 2 aromatic carbocycles. The van der Waals surface area contributed by atoms with Gasteiger partial charge in [-0.25, -0.2) is 9.78 Å². The number of hydrogen-bond acceptors (Lipinski definition) is 6. The second kappa shape index (κ2) is 10.1. The van der Waals surface area contributed by atoms with E-state index in [4.69, 9.17) is 14.0 Å². The van der Waals surface area contributed by atoms with Gasteiger partial charge in [-0.1, -0.05) is 66.7 Å². The third kappa shape index (κ3) is 5.31. The van der Waals surface area contributed by atoms with E-state index in [1.165, 1.54) is 0 Å². The zero-order valence-electron chi connectivity index (χ0n) is 15.6. The van der Waals surface area contributed by atoms with Gasteiger partial charge in [-0.3, -0.25) is 10.3 Å². The van der Waals surface area contributed by atoms with E-state index in [0.717, 1.165) is 22.6 Å². The summed E-state index contributed by atoms with van der Waals surface area (Å²) < 4.78 is 10.8. The van der Waals surface area contributed by atoms with Crippen molar-refractivity contribution in [2.24, 2.45) is 0 Å². The van der Waals surface area contributed by atoms with E-state index in [1.54, 1.807) is 19.2 Å². The molecule has 1 aromatic heterocycles. The molecule has 6 nitrogen and oxygen atoms in total. The van der Waals surface area contributed by atoms with Crippen LogP contribution in [0.5, 0.6) is 0 Å². The molecule has 1 heterocycles. The predicted octanol–water partition coefficient (Wildman–Crippen LogP) is 4.15. The molecule has 0 fully saturated rings. The summed E-state index contributed by atoms with van der Waals surface area (Å²) in [7, 11) is 0. The van der Waals surface area contributed by atoms with Crippen molar-refractivity contribution in [3.05, 3.63) is 78.8 Å². The molecule has 0 aliphatic heterocycles. The predicted molar refractivity (Wildman–Crippen MR) is 106 cm³/mol. The van der Waals surface area contributed by atoms with Crippen LogP contribution in [0.15, 0.2) is 77.4 Å². The van der Waals surface area contributed by atoms with Crippen LogP contribution < -0.4 is 5.48 Å². The van der Waals surface area contributed by atoms with E-state index in [1.807, 2.05) is 60.7 Å². The number of hydrogen-bond donors (Lipinski definition) is 1. The standard InChI is InChI=1S/C22H22N2O4/c1-2-26-20(25)16-27-23-15-9-14-19-24-21(17-10-5-3-6-11-17)22(28-19)18-12-7-4-8-13-18/h3-13,15,23H,2,14,16H2,1H3/b15-9+. The Balaban J connectivity index is 1.68. The minimum Gasteiger partial charge on any atom is -0.464 e. The number of ether oxygens (including phenoxy) is 1. The summed E-state index contributed by atoms with van der Waals surface area (Å²) >= 11 is 0. The number of hydroxylamine groups is 1. The summed E-state index contributed by atoms with van der Waals surface area (Å²) in [6.45, 7) is 1.91. The third-order valence-corrected chi connectivity index (χ3v) is 3.81. The lowest BCUT2D eigenvalue weighted by molar-refractivity contribution is -0.150. The van der Waals surface area contributed by atoms with Crippen LogP contribution in [0.4, 0.5) is 0 Å². The molecule has 0 aliphatic carbocycles. The first-order valence-electron chi connectivity index (χ1n) is 9.06. The summed E-state index contributed by atoms with van der Waals surface area (Å²) in [5.41, 5.74) is 5.35. The monoisotopic (exact) mass is 378 g/mol. The molecule has 0 aliphatic rings. The van der Waals surface area contributed by atoms with E-state index < -0.39 is 5.97 Å². The number of allylic oxidation sites excluding steroid dienone is 1. The fourth-order valence-corrected chi connectivity index (χ4v) is 2.59. The van der Waals surface area contributed by atoms with Gasteiger partial charge in [0.2, 0.25) is 0 Å². The second-order valence-corrected chi connectivity index (χ2v) is 5.84. The van der Waals surface area contributed by atoms with Crippen molar-refractivity contribution < 1.29 is 18.8 Å². The maximum atomic E-state index is 11.2. The second-order valence-electron chi connectivity index (χ2n) is 5.84. The highest BCUT2D eigenvalue weighted by atomic mass is 16.7. The van der Waals surface area contributed by atoms with Crippen LogP contribution in [-0.2, 0) is 20.8 Å². The van der Waals surface area contributed by atoms with Crippen LogP contribution >= 0.6 is 0 Å². The number of esters is 1. The van der Waals surface area contributed by atoms with E-state index in [-0.39, 0.29) is 6.61 Å². The average molecular weight is 378 g/mol. The van der Waals surface area contributed by atoms with Gasteiger partial charge in [0, 0.05) is 23.7 Å². The van der Waals surface area contributed by atoms with Crippen molar-refractivity contribution in [3.8, 4) is 22.6 Å². The van der Waals surface area contributed by atoms with Gasteiger partial charge in [0.25, 0.3) is 0 Å². The molecule has 0 saturated carbocycles. The van der Waals surface area contributed by atoms with Crippen molar-refractivity contribution in [2.45, 2.75) is 13.3 Å². The number of rotatable bonds is 9. The summed E-state index contributed by atoms with van der Waals surface area (Å²) in [6, 6.07) is 19.8. The third-order valence-electron chi connectivity index (χ3n) is 3.81. The van der Waals surface area contributed by atoms with Gasteiger partial charge in [0.1, 0.15) is 5.69 Å². The molecule has 6 heteroatoms. The first-order valence-corrected chi connectivity index (χ1v) is 9.06. The van der Waals surface area contributed by atoms with Gasteiger partial charge in [-0.2, -0.15) is 0 Å². The van der Waals surface area contributed by atoms with E-state index in [9.17, 15) is 4.79 Å². The van der Waals surface area contributed by atoms with Gasteiger partial charge in [0.05, 0.1) is 6.61 Å². The smallest absolute Gasteiger partial charge is 0.334 e. The maximum absolute atomic E-state index is 11.2. The van der Waals surface area contributed by atoms with Crippen molar-refractivity contribution in [1.29, 1.82) is 0 Å². The molecular weight excluding hydrogens is 356 g/mol. The molecule has 3 rings (SSSR count). The first-order chi connectivity index (χ1) is 13.8. The van der Waals surface area contributed by atoms with E-state index in [2.05, 4.69) is 10.5 Å². The minimum absolute atomic E-state index is 0.159. The fourth-order valence-electron chi connectivity index (χ4n) is 2.59. The molecule has 0 bridgehead atoms. The van der Waals surface area contributed by atoms with Gasteiger partial charge in [-0.15, -0.1) is 0 Å². The number of oxazole rings is 1. The molecule has 3 aromatic rings. The average Bonchev–Trinajstić information content (AvgIpc) is 3.16. The van der Waals surface area contributed by atoms with Crippen molar-refractivity contribution in [1.82, 2.24) is 10.5 Å². The molecule has 144 valence electrons. The Morgan fingerprint density at radius 2 is 1.75 bits per heavy atom. The Hall–Kier alpha value is -3.38. The van der Waals surface area contributed by atoms with Crippen LogP contribution in [-0.4, -0.2) is 24.2 Å². The SMILES string of the molecule is CCOC(=O)CON/C=C/Cc1nc(-c2ccccc2)c(-c2ccccc2)o1. The Morgan fingerprint density at radius 1 is 1.07 bits per heavy atom. The summed E-state index contributed by atoms with van der Waals surface area (Å²) in [5.74, 6) is 0.902. The van der Waals surface area contributed by atoms with Crippen LogP contribution in [0.3, 0.4) is 0 Å². The topological polar surface area (TPSA) is 73.6 Å². The van der Waals surface area contributed by atoms with Gasteiger partial charge >= 0.3 is 5.97 Å². The van der Waals surface area contributed by atoms with Gasteiger partial charge < -0.3 is 9.15 Å². The minimum atomic E-state index is -0.420. The highest BCUT2D eigenvalue weighted by molar-refractivity contribution is 5.76. The number of nitrogens with one attached hydrogen (secondary N) is 1. The highest BCUT2D eigenvalue weighted by Crippen LogP contribution is 2.32. The molecule has 28 heavy (non-hydrogen) atoms. The maximum Gasteiger partial charge on any atom is 0.334 e. The Kier molecular flexibility index (Phi) is 6.98. The number of benzene rings is 2. The Morgan fingerprint density at radius 3 is 2.43 bits per heavy atom. The van der Waals surface area contributed by atoms with Crippen LogP contribution in [0.25, 0.3) is 22.6 Å². The molecule has 0 radical (unpaired) electrons. The quantitative estimate of drug-likeness (QED) is 0.343. The summed E-state index contributed by atoms with van der Waals surface area (Å²) in [6.07, 6.45) is 3.87. The van der Waals surface area contributed by atoms with E-state index in [0.29, 0.717) is 18.9 Å². The zero-order valence-corrected chi connectivity index (χ0v) is 15.6. The lowest BCUT2D eigenvalue weighted by Crippen LogP contribution is -2.17. The van der Waals surface area contributed by atoms with Gasteiger partial charge in [-0.05, 0) is 6.92 Å². The number of aromatic nitrogens is 1. The lowest BCUT2D eigenvalue weighted by Gasteiger charge is -2.01. The Labute approximate surface area is 163 Å². The number of nitrogens with zero attached hydrogens (tertiary/aromatic N) is 1. The van der Waals surface area contributed by atoms with Crippen LogP contribution in [0.2, 0.25) is 0 Å². The van der Waals surface area contributed by atoms with Crippen molar-refractivity contribution in [2.75, 3.05) is 13.2 Å². The number of carbonyl (C=O) groups excluding carboxylic acids is 1. The highest BCUT2D eigenvalue weighted by Gasteiger charge is 2.15. The van der Waals surface area contributed by atoms with Gasteiger partial charge in [0.15, 0.2) is 18.3 Å². The molecule has 0 atom stereocenters. The molecular formula is C22H22N2O4.